The van der Waals surface area contributed by atoms with E-state index in [9.17, 15) is 18.0 Å². The third kappa shape index (κ3) is 2.95. The van der Waals surface area contributed by atoms with E-state index >= 15 is 0 Å². The van der Waals surface area contributed by atoms with Gasteiger partial charge in [0.2, 0.25) is 0 Å². The van der Waals surface area contributed by atoms with Gasteiger partial charge >= 0.3 is 6.18 Å². The molecule has 0 fully saturated rings. The summed E-state index contributed by atoms with van der Waals surface area (Å²) in [5, 5.41) is -0.0411. The molecule has 0 radical (unpaired) electrons. The van der Waals surface area contributed by atoms with Crippen molar-refractivity contribution in [1.29, 1.82) is 0 Å². The van der Waals surface area contributed by atoms with Crippen molar-refractivity contribution >= 4 is 11.8 Å². The lowest BCUT2D eigenvalue weighted by atomic mass is 10.3. The first-order valence-electron chi connectivity index (χ1n) is 5.10. The largest absolute Gasteiger partial charge is 0.433 e. The molecule has 0 saturated heterocycles. The van der Waals surface area contributed by atoms with E-state index < -0.39 is 17.4 Å². The fourth-order valence-corrected chi connectivity index (χ4v) is 1.76. The number of nitrogens with zero attached hydrogens (tertiary/aromatic N) is 3. The zero-order valence-corrected chi connectivity index (χ0v) is 10.5. The van der Waals surface area contributed by atoms with Crippen LogP contribution in [0.1, 0.15) is 5.69 Å². The van der Waals surface area contributed by atoms with Gasteiger partial charge in [-0.2, -0.15) is 13.2 Å². The molecule has 2 aromatic rings. The van der Waals surface area contributed by atoms with Gasteiger partial charge < -0.3 is 0 Å². The average Bonchev–Trinajstić information content (AvgIpc) is 2.37. The highest BCUT2D eigenvalue weighted by Crippen LogP contribution is 2.29. The summed E-state index contributed by atoms with van der Waals surface area (Å²) in [6.07, 6.45) is -1.66. The first kappa shape index (κ1) is 13.6. The van der Waals surface area contributed by atoms with Crippen LogP contribution >= 0.6 is 11.8 Å². The lowest BCUT2D eigenvalue weighted by Crippen LogP contribution is -2.19. The minimum Gasteiger partial charge on any atom is -0.269 e. The fraction of sp³-hybridized carbons (Fsp3) is 0.182. The Balaban J connectivity index is 2.65. The number of rotatable bonds is 2. The van der Waals surface area contributed by atoms with Crippen molar-refractivity contribution in [1.82, 2.24) is 14.5 Å². The molecule has 19 heavy (non-hydrogen) atoms. The van der Waals surface area contributed by atoms with Crippen molar-refractivity contribution in [2.45, 2.75) is 11.3 Å². The van der Waals surface area contributed by atoms with Crippen molar-refractivity contribution in [3.05, 3.63) is 46.5 Å². The third-order valence-corrected chi connectivity index (χ3v) is 2.78. The van der Waals surface area contributed by atoms with Crippen LogP contribution in [-0.2, 0) is 6.18 Å². The summed E-state index contributed by atoms with van der Waals surface area (Å²) in [5.41, 5.74) is -1.53. The average molecular weight is 287 g/mol. The van der Waals surface area contributed by atoms with Gasteiger partial charge in [-0.3, -0.25) is 9.36 Å². The second kappa shape index (κ2) is 5.04. The maximum atomic E-state index is 12.7. The van der Waals surface area contributed by atoms with Gasteiger partial charge in [-0.15, -0.1) is 0 Å². The van der Waals surface area contributed by atoms with Crippen LogP contribution in [-0.4, -0.2) is 20.8 Å². The Labute approximate surface area is 110 Å². The van der Waals surface area contributed by atoms with Gasteiger partial charge in [-0.05, 0) is 12.3 Å². The summed E-state index contributed by atoms with van der Waals surface area (Å²) in [7, 11) is 0. The zero-order valence-electron chi connectivity index (χ0n) is 9.68. The van der Waals surface area contributed by atoms with Gasteiger partial charge in [0, 0.05) is 18.3 Å². The van der Waals surface area contributed by atoms with Crippen LogP contribution < -0.4 is 5.56 Å². The minimum absolute atomic E-state index is 0.0411. The molecule has 0 N–H and O–H groups in total. The third-order valence-electron chi connectivity index (χ3n) is 2.23. The highest BCUT2D eigenvalue weighted by Gasteiger charge is 2.33. The molecule has 0 atom stereocenters. The Kier molecular flexibility index (Phi) is 3.61. The minimum atomic E-state index is -4.58. The van der Waals surface area contributed by atoms with Crippen molar-refractivity contribution in [2.75, 3.05) is 6.26 Å². The Morgan fingerprint density at radius 3 is 2.58 bits per heavy atom. The van der Waals surface area contributed by atoms with Crippen LogP contribution in [0.2, 0.25) is 0 Å². The molecule has 2 heterocycles. The first-order valence-corrected chi connectivity index (χ1v) is 6.32. The molecule has 0 aromatic carbocycles. The van der Waals surface area contributed by atoms with Crippen LogP contribution in [0.15, 0.2) is 40.4 Å². The normalized spacial score (nSPS) is 11.6. The predicted octanol–water partition coefficient (Wildman–Crippen LogP) is 2.37. The monoisotopic (exact) mass is 287 g/mol. The smallest absolute Gasteiger partial charge is 0.269 e. The number of pyridine rings is 1. The van der Waals surface area contributed by atoms with Crippen molar-refractivity contribution < 1.29 is 13.2 Å². The predicted molar refractivity (Wildman–Crippen MR) is 64.4 cm³/mol. The molecule has 0 aliphatic carbocycles. The maximum absolute atomic E-state index is 12.7. The topological polar surface area (TPSA) is 47.8 Å². The molecular weight excluding hydrogens is 279 g/mol. The molecule has 2 rings (SSSR count). The molecule has 8 heteroatoms. The molecule has 0 spiro atoms. The van der Waals surface area contributed by atoms with Gasteiger partial charge in [0.1, 0.15) is 5.82 Å². The molecule has 0 aliphatic heterocycles. The number of thioether (sulfide) groups is 1. The highest BCUT2D eigenvalue weighted by molar-refractivity contribution is 7.98. The van der Waals surface area contributed by atoms with E-state index in [1.54, 1.807) is 6.26 Å². The van der Waals surface area contributed by atoms with Crippen LogP contribution in [0.5, 0.6) is 0 Å². The molecular formula is C11H8F3N3OS. The van der Waals surface area contributed by atoms with Gasteiger partial charge in [0.15, 0.2) is 10.9 Å². The van der Waals surface area contributed by atoms with Crippen LogP contribution in [0.3, 0.4) is 0 Å². The zero-order chi connectivity index (χ0) is 14.0. The summed E-state index contributed by atoms with van der Waals surface area (Å²) < 4.78 is 39.2. The molecule has 0 bridgehead atoms. The Hall–Kier alpha value is -1.83. The van der Waals surface area contributed by atoms with Gasteiger partial charge in [0.05, 0.1) is 0 Å². The van der Waals surface area contributed by atoms with E-state index in [1.807, 2.05) is 0 Å². The number of alkyl halides is 3. The molecule has 0 unspecified atom stereocenters. The second-order valence-corrected chi connectivity index (χ2v) is 4.28. The Morgan fingerprint density at radius 1 is 1.26 bits per heavy atom. The van der Waals surface area contributed by atoms with E-state index in [4.69, 9.17) is 0 Å². The number of hydrogen-bond donors (Lipinski definition) is 0. The molecule has 2 aromatic heterocycles. The van der Waals surface area contributed by atoms with E-state index in [1.165, 1.54) is 24.4 Å². The first-order chi connectivity index (χ1) is 8.91. The SMILES string of the molecule is CSc1nc(-n2ccccc2=O)cc(C(F)(F)F)n1. The standard InChI is InChI=1S/C11H8F3N3OS/c1-19-10-15-7(11(12,13)14)6-8(16-10)17-5-3-2-4-9(17)18/h2-6H,1H3. The van der Waals surface area contributed by atoms with Crippen molar-refractivity contribution in [3.8, 4) is 5.82 Å². The van der Waals surface area contributed by atoms with E-state index in [0.717, 1.165) is 22.4 Å². The fourth-order valence-electron chi connectivity index (χ4n) is 1.39. The van der Waals surface area contributed by atoms with Crippen LogP contribution in [0.4, 0.5) is 13.2 Å². The number of aromatic nitrogens is 3. The lowest BCUT2D eigenvalue weighted by molar-refractivity contribution is -0.141. The van der Waals surface area contributed by atoms with E-state index in [2.05, 4.69) is 9.97 Å². The maximum Gasteiger partial charge on any atom is 0.433 e. The lowest BCUT2D eigenvalue weighted by Gasteiger charge is -2.10. The molecule has 0 amide bonds. The summed E-state index contributed by atoms with van der Waals surface area (Å²) in [5.74, 6) is -0.0997. The molecule has 4 nitrogen and oxygen atoms in total. The van der Waals surface area contributed by atoms with Gasteiger partial charge in [-0.1, -0.05) is 17.8 Å². The Morgan fingerprint density at radius 2 is 2.00 bits per heavy atom. The number of halogens is 3. The Bertz CT molecular complexity index is 654. The summed E-state index contributed by atoms with van der Waals surface area (Å²) in [6, 6.07) is 5.03. The van der Waals surface area contributed by atoms with E-state index in [-0.39, 0.29) is 11.0 Å². The summed E-state index contributed by atoms with van der Waals surface area (Å²) in [4.78, 5) is 18.9. The van der Waals surface area contributed by atoms with Crippen molar-refractivity contribution in [2.24, 2.45) is 0 Å². The second-order valence-electron chi connectivity index (χ2n) is 3.50. The van der Waals surface area contributed by atoms with Crippen LogP contribution in [0.25, 0.3) is 5.82 Å². The highest BCUT2D eigenvalue weighted by atomic mass is 32.2. The van der Waals surface area contributed by atoms with Gasteiger partial charge in [0.25, 0.3) is 5.56 Å². The summed E-state index contributed by atoms with van der Waals surface area (Å²) in [6.45, 7) is 0. The molecule has 0 aliphatic rings. The summed E-state index contributed by atoms with van der Waals surface area (Å²) >= 11 is 0.976. The molecule has 100 valence electrons. The van der Waals surface area contributed by atoms with E-state index in [0.29, 0.717) is 0 Å². The molecule has 0 saturated carbocycles. The van der Waals surface area contributed by atoms with Gasteiger partial charge in [-0.25, -0.2) is 9.97 Å². The van der Waals surface area contributed by atoms with Crippen molar-refractivity contribution in [3.63, 3.8) is 0 Å². The quantitative estimate of drug-likeness (QED) is 0.628. The van der Waals surface area contributed by atoms with Crippen LogP contribution in [0, 0.1) is 0 Å². The number of hydrogen-bond acceptors (Lipinski definition) is 4.